The number of carbonyl (C=O) groups is 1. The highest BCUT2D eigenvalue weighted by atomic mass is 32.1. The van der Waals surface area contributed by atoms with Gasteiger partial charge < -0.3 is 15.8 Å². The van der Waals surface area contributed by atoms with Gasteiger partial charge in [-0.05, 0) is 30.5 Å². The zero-order valence-corrected chi connectivity index (χ0v) is 11.5. The lowest BCUT2D eigenvalue weighted by molar-refractivity contribution is -0.121. The Morgan fingerprint density at radius 2 is 2.05 bits per heavy atom. The van der Waals surface area contributed by atoms with Crippen molar-refractivity contribution in [3.63, 3.8) is 0 Å². The molecule has 19 heavy (non-hydrogen) atoms. The third-order valence-electron chi connectivity index (χ3n) is 2.84. The van der Waals surface area contributed by atoms with E-state index < -0.39 is 0 Å². The van der Waals surface area contributed by atoms with E-state index in [1.165, 1.54) is 0 Å². The number of benzene rings is 1. The van der Waals surface area contributed by atoms with Gasteiger partial charge in [0, 0.05) is 12.5 Å². The Balaban J connectivity index is 1.70. The lowest BCUT2D eigenvalue weighted by Gasteiger charge is -2.07. The molecular formula is C14H18N2O2S. The largest absolute Gasteiger partial charge is 0.493 e. The fraction of sp³-hybridized carbons (Fsp3) is 0.429. The molecule has 1 aliphatic rings. The van der Waals surface area contributed by atoms with Crippen LogP contribution >= 0.6 is 12.2 Å². The Kier molecular flexibility index (Phi) is 4.74. The summed E-state index contributed by atoms with van der Waals surface area (Å²) in [5.41, 5.74) is 6.54. The highest BCUT2D eigenvalue weighted by Crippen LogP contribution is 2.18. The normalized spacial score (nSPS) is 13.9. The molecule has 5 heteroatoms. The minimum absolute atomic E-state index is 0.0626. The van der Waals surface area contributed by atoms with Crippen molar-refractivity contribution in [1.82, 2.24) is 5.32 Å². The number of nitrogens with one attached hydrogen (secondary N) is 1. The van der Waals surface area contributed by atoms with Crippen LogP contribution in [-0.2, 0) is 11.2 Å². The van der Waals surface area contributed by atoms with Crippen LogP contribution in [0.25, 0.3) is 0 Å². The maximum atomic E-state index is 11.4. The minimum Gasteiger partial charge on any atom is -0.493 e. The number of rotatable bonds is 7. The van der Waals surface area contributed by atoms with Crippen molar-refractivity contribution in [3.05, 3.63) is 29.8 Å². The molecule has 0 aromatic heterocycles. The zero-order chi connectivity index (χ0) is 13.7. The van der Waals surface area contributed by atoms with Gasteiger partial charge in [-0.3, -0.25) is 4.79 Å². The summed E-state index contributed by atoms with van der Waals surface area (Å²) in [7, 11) is 0. The zero-order valence-electron chi connectivity index (χ0n) is 10.7. The van der Waals surface area contributed by atoms with E-state index in [0.29, 0.717) is 30.5 Å². The summed E-state index contributed by atoms with van der Waals surface area (Å²) >= 11 is 4.85. The first-order valence-corrected chi connectivity index (χ1v) is 6.84. The number of hydrogen-bond acceptors (Lipinski definition) is 3. The molecule has 3 N–H and O–H groups in total. The quantitative estimate of drug-likeness (QED) is 0.743. The lowest BCUT2D eigenvalue weighted by Crippen LogP contribution is -2.26. The molecule has 2 rings (SSSR count). The van der Waals surface area contributed by atoms with Crippen LogP contribution in [0.1, 0.15) is 24.8 Å². The van der Waals surface area contributed by atoms with Crippen LogP contribution in [0.15, 0.2) is 24.3 Å². The molecule has 1 aromatic rings. The summed E-state index contributed by atoms with van der Waals surface area (Å²) < 4.78 is 5.51. The first-order valence-electron chi connectivity index (χ1n) is 6.43. The Bertz CT molecular complexity index is 455. The van der Waals surface area contributed by atoms with Crippen molar-refractivity contribution in [2.75, 3.05) is 6.61 Å². The number of thiocarbonyl (C=S) groups is 1. The number of hydrogen-bond donors (Lipinski definition) is 2. The Morgan fingerprint density at radius 1 is 1.37 bits per heavy atom. The predicted octanol–water partition coefficient (Wildman–Crippen LogP) is 1.56. The average Bonchev–Trinajstić information content (AvgIpc) is 3.14. The van der Waals surface area contributed by atoms with Crippen LogP contribution in [-0.4, -0.2) is 23.5 Å². The summed E-state index contributed by atoms with van der Waals surface area (Å²) in [5.74, 6) is 0.818. The van der Waals surface area contributed by atoms with Gasteiger partial charge in [0.15, 0.2) is 0 Å². The third kappa shape index (κ3) is 5.26. The molecule has 1 saturated carbocycles. The van der Waals surface area contributed by atoms with Crippen LogP contribution in [0.5, 0.6) is 5.75 Å². The first-order chi connectivity index (χ1) is 9.13. The van der Waals surface area contributed by atoms with Gasteiger partial charge >= 0.3 is 0 Å². The third-order valence-corrected chi connectivity index (χ3v) is 2.99. The van der Waals surface area contributed by atoms with Gasteiger partial charge in [0.25, 0.3) is 0 Å². The van der Waals surface area contributed by atoms with Gasteiger partial charge in [0.1, 0.15) is 5.75 Å². The smallest absolute Gasteiger partial charge is 0.223 e. The summed E-state index contributed by atoms with van der Waals surface area (Å²) in [5, 5.41) is 2.92. The molecular weight excluding hydrogens is 260 g/mol. The van der Waals surface area contributed by atoms with E-state index in [2.05, 4.69) is 5.32 Å². The average molecular weight is 278 g/mol. The second kappa shape index (κ2) is 6.52. The second-order valence-corrected chi connectivity index (χ2v) is 5.25. The van der Waals surface area contributed by atoms with Gasteiger partial charge in [-0.1, -0.05) is 24.4 Å². The van der Waals surface area contributed by atoms with Crippen molar-refractivity contribution in [1.29, 1.82) is 0 Å². The van der Waals surface area contributed by atoms with Crippen LogP contribution in [0.3, 0.4) is 0 Å². The number of ether oxygens (including phenoxy) is 1. The molecule has 0 aliphatic heterocycles. The fourth-order valence-electron chi connectivity index (χ4n) is 1.69. The minimum atomic E-state index is 0.0626. The SMILES string of the molecule is NC(=S)Cc1ccc(OCCC(=O)NC2CC2)cc1. The molecule has 1 fully saturated rings. The van der Waals surface area contributed by atoms with Crippen molar-refractivity contribution in [3.8, 4) is 5.75 Å². The molecule has 0 bridgehead atoms. The maximum Gasteiger partial charge on any atom is 0.223 e. The van der Waals surface area contributed by atoms with E-state index in [9.17, 15) is 4.79 Å². The molecule has 102 valence electrons. The van der Waals surface area contributed by atoms with E-state index in [0.717, 1.165) is 24.2 Å². The summed E-state index contributed by atoms with van der Waals surface area (Å²) in [6, 6.07) is 8.00. The first kappa shape index (κ1) is 13.8. The van der Waals surface area contributed by atoms with Crippen LogP contribution in [0.2, 0.25) is 0 Å². The van der Waals surface area contributed by atoms with E-state index >= 15 is 0 Å². The van der Waals surface area contributed by atoms with Gasteiger partial charge in [-0.25, -0.2) is 0 Å². The topological polar surface area (TPSA) is 64.3 Å². The van der Waals surface area contributed by atoms with Crippen molar-refractivity contribution < 1.29 is 9.53 Å². The van der Waals surface area contributed by atoms with E-state index in [1.807, 2.05) is 24.3 Å². The molecule has 1 aliphatic carbocycles. The van der Waals surface area contributed by atoms with Crippen molar-refractivity contribution in [2.24, 2.45) is 5.73 Å². The second-order valence-electron chi connectivity index (χ2n) is 4.73. The van der Waals surface area contributed by atoms with Crippen molar-refractivity contribution in [2.45, 2.75) is 31.7 Å². The number of nitrogens with two attached hydrogens (primary N) is 1. The molecule has 0 radical (unpaired) electrons. The fourth-order valence-corrected chi connectivity index (χ4v) is 1.86. The van der Waals surface area contributed by atoms with E-state index in [4.69, 9.17) is 22.7 Å². The number of carbonyl (C=O) groups excluding carboxylic acids is 1. The summed E-state index contributed by atoms with van der Waals surface area (Å²) in [6.07, 6.45) is 3.21. The maximum absolute atomic E-state index is 11.4. The van der Waals surface area contributed by atoms with Gasteiger partial charge in [-0.2, -0.15) is 0 Å². The highest BCUT2D eigenvalue weighted by Gasteiger charge is 2.22. The van der Waals surface area contributed by atoms with Crippen molar-refractivity contribution >= 4 is 23.1 Å². The highest BCUT2D eigenvalue weighted by molar-refractivity contribution is 7.80. The molecule has 1 aromatic carbocycles. The Labute approximate surface area is 118 Å². The molecule has 0 heterocycles. The summed E-state index contributed by atoms with van der Waals surface area (Å²) in [4.78, 5) is 11.9. The molecule has 0 atom stereocenters. The molecule has 1 amide bonds. The van der Waals surface area contributed by atoms with Crippen LogP contribution < -0.4 is 15.8 Å². The van der Waals surface area contributed by atoms with Gasteiger partial charge in [-0.15, -0.1) is 0 Å². The Morgan fingerprint density at radius 3 is 2.63 bits per heavy atom. The Hall–Kier alpha value is -1.62. The standard InChI is InChI=1S/C14H18N2O2S/c15-13(19)9-10-1-5-12(6-2-10)18-8-7-14(17)16-11-3-4-11/h1-2,5-6,11H,3-4,7-9H2,(H2,15,19)(H,16,17). The molecule has 0 spiro atoms. The lowest BCUT2D eigenvalue weighted by atomic mass is 10.1. The summed E-state index contributed by atoms with van der Waals surface area (Å²) in [6.45, 7) is 0.396. The van der Waals surface area contributed by atoms with E-state index in [-0.39, 0.29) is 5.91 Å². The van der Waals surface area contributed by atoms with Crippen LogP contribution in [0, 0.1) is 0 Å². The molecule has 0 saturated heterocycles. The molecule has 4 nitrogen and oxygen atoms in total. The number of amides is 1. The van der Waals surface area contributed by atoms with Gasteiger partial charge in [0.05, 0.1) is 18.0 Å². The predicted molar refractivity (Wildman–Crippen MR) is 78.2 cm³/mol. The van der Waals surface area contributed by atoms with Gasteiger partial charge in [0.2, 0.25) is 5.91 Å². The molecule has 0 unspecified atom stereocenters. The monoisotopic (exact) mass is 278 g/mol. The van der Waals surface area contributed by atoms with Crippen LogP contribution in [0.4, 0.5) is 0 Å². The van der Waals surface area contributed by atoms with E-state index in [1.54, 1.807) is 0 Å².